The van der Waals surface area contributed by atoms with Crippen LogP contribution < -0.4 is 0 Å². The van der Waals surface area contributed by atoms with E-state index in [9.17, 15) is 0 Å². The molecule has 5 heteroatoms. The number of hydrogen-bond donors (Lipinski definition) is 0. The molecule has 0 saturated heterocycles. The van der Waals surface area contributed by atoms with Crippen molar-refractivity contribution in [3.63, 3.8) is 0 Å². The van der Waals surface area contributed by atoms with Gasteiger partial charge in [-0.1, -0.05) is 224 Å². The van der Waals surface area contributed by atoms with E-state index in [-0.39, 0.29) is 0 Å². The molecule has 0 fully saturated rings. The van der Waals surface area contributed by atoms with E-state index in [1.807, 2.05) is 24.3 Å². The van der Waals surface area contributed by atoms with Gasteiger partial charge in [0.05, 0.1) is 27.8 Å². The van der Waals surface area contributed by atoms with Crippen molar-refractivity contribution in [2.24, 2.45) is 0 Å². The fourth-order valence-electron chi connectivity index (χ4n) is 10.1. The number of hydrogen-bond acceptors (Lipinski definition) is 3. The maximum atomic E-state index is 5.42. The van der Waals surface area contributed by atoms with E-state index in [0.717, 1.165) is 93.8 Å². The largest absolute Gasteiger partial charge is 0.307 e. The van der Waals surface area contributed by atoms with Gasteiger partial charge in [-0.25, -0.2) is 4.98 Å². The summed E-state index contributed by atoms with van der Waals surface area (Å²) in [5.74, 6) is 1.75. The summed E-state index contributed by atoms with van der Waals surface area (Å²) in [6.45, 7) is 0. The van der Waals surface area contributed by atoms with Gasteiger partial charge in [0.2, 0.25) is 5.95 Å². The van der Waals surface area contributed by atoms with Crippen LogP contribution in [0.1, 0.15) is 0 Å². The molecule has 3 aromatic heterocycles. The van der Waals surface area contributed by atoms with Crippen molar-refractivity contribution in [3.05, 3.63) is 249 Å². The summed E-state index contributed by atoms with van der Waals surface area (Å²) >= 11 is 0. The monoisotopic (exact) mass is 867 g/mol. The number of rotatable bonds is 8. The molecule has 13 rings (SSSR count). The van der Waals surface area contributed by atoms with Crippen molar-refractivity contribution in [1.82, 2.24) is 24.1 Å². The zero-order valence-corrected chi connectivity index (χ0v) is 36.9. The summed E-state index contributed by atoms with van der Waals surface area (Å²) in [5, 5.41) is 4.53. The molecule has 3 heterocycles. The van der Waals surface area contributed by atoms with Crippen LogP contribution in [0.4, 0.5) is 0 Å². The first kappa shape index (κ1) is 39.2. The van der Waals surface area contributed by atoms with Gasteiger partial charge < -0.3 is 4.57 Å². The van der Waals surface area contributed by atoms with Crippen LogP contribution in [0.5, 0.6) is 0 Å². The number of para-hydroxylation sites is 3. The Kier molecular flexibility index (Phi) is 9.43. The molecule has 0 aliphatic carbocycles. The minimum atomic E-state index is 0.548. The molecular weight excluding hydrogens is 827 g/mol. The van der Waals surface area contributed by atoms with Gasteiger partial charge in [-0.3, -0.25) is 4.57 Å². The van der Waals surface area contributed by atoms with Gasteiger partial charge in [-0.2, -0.15) is 9.97 Å². The first-order chi connectivity index (χ1) is 33.7. The van der Waals surface area contributed by atoms with Crippen LogP contribution in [0, 0.1) is 0 Å². The first-order valence-electron chi connectivity index (χ1n) is 23.0. The lowest BCUT2D eigenvalue weighted by Gasteiger charge is -2.19. The smallest absolute Gasteiger partial charge is 0.238 e. The third kappa shape index (κ3) is 6.59. The quantitative estimate of drug-likeness (QED) is 0.153. The maximum absolute atomic E-state index is 5.42. The van der Waals surface area contributed by atoms with Crippen molar-refractivity contribution in [3.8, 4) is 78.9 Å². The van der Waals surface area contributed by atoms with Crippen LogP contribution in [-0.2, 0) is 0 Å². The molecule has 0 radical (unpaired) electrons. The van der Waals surface area contributed by atoms with Gasteiger partial charge in [-0.15, -0.1) is 0 Å². The van der Waals surface area contributed by atoms with Gasteiger partial charge in [0.15, 0.2) is 11.6 Å². The van der Waals surface area contributed by atoms with Gasteiger partial charge in [0.1, 0.15) is 0 Å². The van der Waals surface area contributed by atoms with Crippen molar-refractivity contribution in [2.75, 3.05) is 0 Å². The molecule has 0 N–H and O–H groups in total. The highest BCUT2D eigenvalue weighted by molar-refractivity contribution is 6.24. The Hall–Kier alpha value is -9.19. The Morgan fingerprint density at radius 3 is 1.29 bits per heavy atom. The van der Waals surface area contributed by atoms with Gasteiger partial charge >= 0.3 is 0 Å². The summed E-state index contributed by atoms with van der Waals surface area (Å²) in [6, 6.07) is 88.3. The molecule has 0 atom stereocenters. The predicted molar refractivity (Wildman–Crippen MR) is 281 cm³/mol. The van der Waals surface area contributed by atoms with E-state index in [1.165, 1.54) is 11.1 Å². The number of fused-ring (bicyclic) bond motifs is 7. The van der Waals surface area contributed by atoms with E-state index in [0.29, 0.717) is 17.6 Å². The van der Waals surface area contributed by atoms with E-state index < -0.39 is 0 Å². The summed E-state index contributed by atoms with van der Waals surface area (Å²) in [5.41, 5.74) is 16.3. The van der Waals surface area contributed by atoms with Crippen LogP contribution in [0.25, 0.3) is 123 Å². The van der Waals surface area contributed by atoms with Crippen molar-refractivity contribution < 1.29 is 0 Å². The second-order valence-corrected chi connectivity index (χ2v) is 17.2. The van der Waals surface area contributed by atoms with E-state index >= 15 is 0 Å². The van der Waals surface area contributed by atoms with Crippen LogP contribution in [0.2, 0.25) is 0 Å². The minimum absolute atomic E-state index is 0.548. The Morgan fingerprint density at radius 2 is 0.676 bits per heavy atom. The molecule has 318 valence electrons. The standard InChI is InChI=1S/C63H41N5/c1-5-19-42(20-6-1)44-33-35-47(36-34-44)62-64-61(46-25-11-4-12-26-46)65-63(66-62)68-58-32-18-14-28-51(58)54-40-39-53-50-27-13-16-30-56(50)67(59(53)60(54)68)57-31-17-15-29-52(57)55-41-48(43-21-7-2-8-22-43)37-38-49(55)45-23-9-3-10-24-45/h1-41H. The average Bonchev–Trinajstić information content (AvgIpc) is 3.95. The molecule has 0 saturated carbocycles. The number of benzene rings is 10. The van der Waals surface area contributed by atoms with Crippen LogP contribution in [-0.4, -0.2) is 24.1 Å². The maximum Gasteiger partial charge on any atom is 0.238 e. The Balaban J connectivity index is 1.11. The molecule has 0 unspecified atom stereocenters. The summed E-state index contributed by atoms with van der Waals surface area (Å²) in [7, 11) is 0. The lowest BCUT2D eigenvalue weighted by Crippen LogP contribution is -2.07. The molecule has 0 aliphatic heterocycles. The summed E-state index contributed by atoms with van der Waals surface area (Å²) in [4.78, 5) is 16.0. The minimum Gasteiger partial charge on any atom is -0.307 e. The molecule has 10 aromatic carbocycles. The van der Waals surface area contributed by atoms with Crippen LogP contribution in [0.15, 0.2) is 249 Å². The summed E-state index contributed by atoms with van der Waals surface area (Å²) < 4.78 is 4.75. The predicted octanol–water partition coefficient (Wildman–Crippen LogP) is 16.1. The third-order valence-electron chi connectivity index (χ3n) is 13.2. The van der Waals surface area contributed by atoms with Gasteiger partial charge in [0, 0.05) is 38.2 Å². The van der Waals surface area contributed by atoms with E-state index in [4.69, 9.17) is 15.0 Å². The highest BCUT2D eigenvalue weighted by Gasteiger charge is 2.25. The Labute approximate surface area is 393 Å². The Bertz CT molecular complexity index is 3990. The zero-order chi connectivity index (χ0) is 45.0. The van der Waals surface area contributed by atoms with Gasteiger partial charge in [0.25, 0.3) is 0 Å². The van der Waals surface area contributed by atoms with E-state index in [2.05, 4.69) is 234 Å². The second kappa shape index (κ2) is 16.4. The molecule has 68 heavy (non-hydrogen) atoms. The van der Waals surface area contributed by atoms with Crippen molar-refractivity contribution in [2.45, 2.75) is 0 Å². The van der Waals surface area contributed by atoms with Crippen molar-refractivity contribution in [1.29, 1.82) is 0 Å². The first-order valence-corrected chi connectivity index (χ1v) is 23.0. The molecule has 0 spiro atoms. The van der Waals surface area contributed by atoms with Crippen LogP contribution in [0.3, 0.4) is 0 Å². The molecule has 5 nitrogen and oxygen atoms in total. The second-order valence-electron chi connectivity index (χ2n) is 17.2. The van der Waals surface area contributed by atoms with E-state index in [1.54, 1.807) is 0 Å². The van der Waals surface area contributed by atoms with Gasteiger partial charge in [-0.05, 0) is 63.2 Å². The fraction of sp³-hybridized carbons (Fsp3) is 0. The normalized spacial score (nSPS) is 11.5. The lowest BCUT2D eigenvalue weighted by molar-refractivity contribution is 0.953. The average molecular weight is 868 g/mol. The lowest BCUT2D eigenvalue weighted by atomic mass is 9.90. The topological polar surface area (TPSA) is 48.5 Å². The molecular formula is C63H41N5. The highest BCUT2D eigenvalue weighted by atomic mass is 15.2. The number of nitrogens with zero attached hydrogens (tertiary/aromatic N) is 5. The van der Waals surface area contributed by atoms with Crippen molar-refractivity contribution >= 4 is 43.6 Å². The summed E-state index contributed by atoms with van der Waals surface area (Å²) in [6.07, 6.45) is 0. The number of aromatic nitrogens is 5. The zero-order valence-electron chi connectivity index (χ0n) is 36.9. The molecule has 0 aliphatic rings. The molecule has 0 bridgehead atoms. The SMILES string of the molecule is c1ccc(-c2ccc(-c3nc(-c4ccccc4)nc(-n4c5ccccc5c5ccc6c7ccccc7n(-c7ccccc7-c7cc(-c8ccccc8)ccc7-c7ccccc7)c6c54)n3)cc2)cc1. The third-order valence-corrected chi connectivity index (χ3v) is 13.2. The fourth-order valence-corrected chi connectivity index (χ4v) is 10.1. The molecule has 13 aromatic rings. The van der Waals surface area contributed by atoms with Crippen LogP contribution >= 0.6 is 0 Å². The molecule has 0 amide bonds. The Morgan fingerprint density at radius 1 is 0.250 bits per heavy atom. The highest BCUT2D eigenvalue weighted by Crippen LogP contribution is 2.45.